The van der Waals surface area contributed by atoms with Gasteiger partial charge in [0.25, 0.3) is 0 Å². The molecule has 1 amide bonds. The highest BCUT2D eigenvalue weighted by Gasteiger charge is 2.22. The number of nitrogens with two attached hydrogens (primary N) is 1. The number of quaternary nitrogens is 1. The molecule has 0 radical (unpaired) electrons. The molecule has 0 spiro atoms. The zero-order valence-corrected chi connectivity index (χ0v) is 16.8. The standard InChI is InChI=1S/C19H30N2O4.ClH/c1-19(2,3)25-17(22)13-16(11-8-12-20-4)21-18(23)24-14-15-9-6-5-7-10-15;/h5-7,9-10,16,20H,8,11-14H2,1-4H3,(H,21,23);1H/t16-;/m0./s1. The SMILES string of the molecule is C[NH2+]CCC[C@@H](CC(=O)OC(C)(C)C)NC(=O)OCc1ccccc1.[Cl-]. The summed E-state index contributed by atoms with van der Waals surface area (Å²) in [6.07, 6.45) is 1.21. The van der Waals surface area contributed by atoms with Crippen molar-refractivity contribution in [3.8, 4) is 0 Å². The molecule has 0 heterocycles. The molecular formula is C19H31ClN2O4. The second kappa shape index (κ2) is 12.5. The number of carbonyl (C=O) groups is 2. The van der Waals surface area contributed by atoms with Crippen LogP contribution in [0.4, 0.5) is 4.79 Å². The van der Waals surface area contributed by atoms with Crippen LogP contribution in [0.2, 0.25) is 0 Å². The molecule has 0 bridgehead atoms. The van der Waals surface area contributed by atoms with Crippen molar-refractivity contribution in [3.05, 3.63) is 35.9 Å². The molecule has 1 aromatic carbocycles. The zero-order valence-electron chi connectivity index (χ0n) is 16.1. The van der Waals surface area contributed by atoms with Gasteiger partial charge in [0.15, 0.2) is 0 Å². The van der Waals surface area contributed by atoms with Gasteiger partial charge in [-0.05, 0) is 39.2 Å². The summed E-state index contributed by atoms with van der Waals surface area (Å²) in [4.78, 5) is 24.1. The maximum absolute atomic E-state index is 12.0. The number of hydrogen-bond acceptors (Lipinski definition) is 4. The first kappa shape index (κ1) is 24.2. The fourth-order valence-electron chi connectivity index (χ4n) is 2.31. The number of alkyl carbamates (subject to hydrolysis) is 1. The van der Waals surface area contributed by atoms with Crippen LogP contribution in [0.1, 0.15) is 45.6 Å². The Morgan fingerprint density at radius 1 is 1.19 bits per heavy atom. The summed E-state index contributed by atoms with van der Waals surface area (Å²) in [7, 11) is 1.99. The topological polar surface area (TPSA) is 81.2 Å². The van der Waals surface area contributed by atoms with Gasteiger partial charge < -0.3 is 32.5 Å². The van der Waals surface area contributed by atoms with Crippen molar-refractivity contribution in [2.24, 2.45) is 0 Å². The molecule has 0 aliphatic heterocycles. The predicted molar refractivity (Wildman–Crippen MR) is 96.0 cm³/mol. The van der Waals surface area contributed by atoms with Crippen LogP contribution >= 0.6 is 0 Å². The summed E-state index contributed by atoms with van der Waals surface area (Å²) in [6, 6.07) is 9.18. The van der Waals surface area contributed by atoms with Crippen molar-refractivity contribution in [1.82, 2.24) is 5.32 Å². The van der Waals surface area contributed by atoms with Gasteiger partial charge in [0.05, 0.1) is 20.0 Å². The van der Waals surface area contributed by atoms with Gasteiger partial charge in [-0.25, -0.2) is 4.79 Å². The summed E-state index contributed by atoms with van der Waals surface area (Å²) in [6.45, 7) is 6.62. The van der Waals surface area contributed by atoms with Crippen LogP contribution < -0.4 is 23.0 Å². The van der Waals surface area contributed by atoms with Crippen molar-refractivity contribution >= 4 is 12.1 Å². The van der Waals surface area contributed by atoms with E-state index < -0.39 is 11.7 Å². The Hall–Kier alpha value is -1.79. The van der Waals surface area contributed by atoms with Gasteiger partial charge in [-0.1, -0.05) is 30.3 Å². The van der Waals surface area contributed by atoms with Crippen LogP contribution in [0.5, 0.6) is 0 Å². The number of ether oxygens (including phenoxy) is 2. The first-order valence-electron chi connectivity index (χ1n) is 8.77. The minimum Gasteiger partial charge on any atom is -1.00 e. The summed E-state index contributed by atoms with van der Waals surface area (Å²) in [5, 5.41) is 4.85. The van der Waals surface area contributed by atoms with E-state index >= 15 is 0 Å². The number of rotatable bonds is 9. The Bertz CT molecular complexity index is 532. The monoisotopic (exact) mass is 386 g/mol. The van der Waals surface area contributed by atoms with Gasteiger partial charge in [-0.2, -0.15) is 0 Å². The fraction of sp³-hybridized carbons (Fsp3) is 0.579. The van der Waals surface area contributed by atoms with E-state index in [1.54, 1.807) is 0 Å². The number of nitrogens with one attached hydrogen (secondary N) is 1. The van der Waals surface area contributed by atoms with Crippen molar-refractivity contribution in [2.75, 3.05) is 13.6 Å². The normalized spacial score (nSPS) is 11.8. The Morgan fingerprint density at radius 2 is 1.85 bits per heavy atom. The Morgan fingerprint density at radius 3 is 2.42 bits per heavy atom. The molecule has 1 rings (SSSR count). The third kappa shape index (κ3) is 11.7. The average molecular weight is 387 g/mol. The Labute approximate surface area is 162 Å². The summed E-state index contributed by atoms with van der Waals surface area (Å²) in [5.74, 6) is -0.318. The second-order valence-electron chi connectivity index (χ2n) is 7.03. The number of hydrogen-bond donors (Lipinski definition) is 2. The Kier molecular flexibility index (Phi) is 11.7. The largest absolute Gasteiger partial charge is 1.00 e. The molecule has 0 saturated carbocycles. The molecule has 26 heavy (non-hydrogen) atoms. The molecule has 148 valence electrons. The fourth-order valence-corrected chi connectivity index (χ4v) is 2.31. The molecule has 3 N–H and O–H groups in total. The minimum absolute atomic E-state index is 0. The lowest BCUT2D eigenvalue weighted by Crippen LogP contribution is -3.00. The van der Waals surface area contributed by atoms with Crippen molar-refractivity contribution in [2.45, 2.75) is 58.3 Å². The first-order valence-corrected chi connectivity index (χ1v) is 8.77. The van der Waals surface area contributed by atoms with Crippen LogP contribution in [0.3, 0.4) is 0 Å². The van der Waals surface area contributed by atoms with Crippen molar-refractivity contribution in [1.29, 1.82) is 0 Å². The molecule has 0 saturated heterocycles. The zero-order chi connectivity index (χ0) is 18.7. The summed E-state index contributed by atoms with van der Waals surface area (Å²) in [5.41, 5.74) is 0.383. The van der Waals surface area contributed by atoms with Gasteiger partial charge in [0.2, 0.25) is 0 Å². The van der Waals surface area contributed by atoms with E-state index in [-0.39, 0.29) is 37.4 Å². The quantitative estimate of drug-likeness (QED) is 0.421. The van der Waals surface area contributed by atoms with E-state index in [0.29, 0.717) is 6.42 Å². The third-order valence-electron chi connectivity index (χ3n) is 3.41. The van der Waals surface area contributed by atoms with Crippen LogP contribution in [0, 0.1) is 0 Å². The van der Waals surface area contributed by atoms with E-state index in [0.717, 1.165) is 18.5 Å². The molecule has 1 aromatic rings. The molecule has 6 nitrogen and oxygen atoms in total. The first-order chi connectivity index (χ1) is 11.8. The lowest BCUT2D eigenvalue weighted by Gasteiger charge is -2.22. The van der Waals surface area contributed by atoms with Crippen LogP contribution in [-0.4, -0.2) is 37.3 Å². The highest BCUT2D eigenvalue weighted by molar-refractivity contribution is 5.73. The van der Waals surface area contributed by atoms with Crippen LogP contribution in [0.15, 0.2) is 30.3 Å². The average Bonchev–Trinajstić information content (AvgIpc) is 2.52. The Balaban J connectivity index is 0.00000625. The highest BCUT2D eigenvalue weighted by atomic mass is 35.5. The van der Waals surface area contributed by atoms with Gasteiger partial charge >= 0.3 is 12.1 Å². The molecule has 0 fully saturated rings. The van der Waals surface area contributed by atoms with Gasteiger partial charge in [-0.3, -0.25) is 4.79 Å². The third-order valence-corrected chi connectivity index (χ3v) is 3.41. The lowest BCUT2D eigenvalue weighted by atomic mass is 10.1. The van der Waals surface area contributed by atoms with E-state index in [1.807, 2.05) is 58.2 Å². The molecule has 0 aliphatic rings. The van der Waals surface area contributed by atoms with E-state index in [4.69, 9.17) is 9.47 Å². The van der Waals surface area contributed by atoms with Gasteiger partial charge in [-0.15, -0.1) is 0 Å². The van der Waals surface area contributed by atoms with E-state index in [2.05, 4.69) is 10.6 Å². The smallest absolute Gasteiger partial charge is 0.407 e. The van der Waals surface area contributed by atoms with E-state index in [9.17, 15) is 9.59 Å². The molecular weight excluding hydrogens is 356 g/mol. The molecule has 0 aromatic heterocycles. The van der Waals surface area contributed by atoms with Crippen LogP contribution in [0.25, 0.3) is 0 Å². The van der Waals surface area contributed by atoms with Crippen molar-refractivity contribution < 1.29 is 36.8 Å². The summed E-state index contributed by atoms with van der Waals surface area (Å²) < 4.78 is 10.6. The van der Waals surface area contributed by atoms with Crippen LogP contribution in [-0.2, 0) is 20.9 Å². The number of esters is 1. The molecule has 0 unspecified atom stereocenters. The minimum atomic E-state index is -0.535. The number of amides is 1. The predicted octanol–water partition coefficient (Wildman–Crippen LogP) is -1.01. The number of halogens is 1. The molecule has 1 atom stereocenters. The maximum Gasteiger partial charge on any atom is 0.407 e. The summed E-state index contributed by atoms with van der Waals surface area (Å²) >= 11 is 0. The molecule has 7 heteroatoms. The lowest BCUT2D eigenvalue weighted by molar-refractivity contribution is -0.627. The number of carbonyl (C=O) groups excluding carboxylic acids is 2. The maximum atomic E-state index is 12.0. The molecule has 0 aliphatic carbocycles. The van der Waals surface area contributed by atoms with Crippen molar-refractivity contribution in [3.63, 3.8) is 0 Å². The van der Waals surface area contributed by atoms with E-state index in [1.165, 1.54) is 0 Å². The second-order valence-corrected chi connectivity index (χ2v) is 7.03. The van der Waals surface area contributed by atoms with Gasteiger partial charge in [0.1, 0.15) is 12.2 Å². The highest BCUT2D eigenvalue weighted by Crippen LogP contribution is 2.11. The number of benzene rings is 1. The van der Waals surface area contributed by atoms with Gasteiger partial charge in [0, 0.05) is 6.04 Å².